The molecule has 0 saturated carbocycles. The van der Waals surface area contributed by atoms with Crippen molar-refractivity contribution in [1.29, 1.82) is 0 Å². The minimum atomic E-state index is -3.46. The molecular weight excluding hydrogens is 335 g/mol. The lowest BCUT2D eigenvalue weighted by Crippen LogP contribution is -2.36. The van der Waals surface area contributed by atoms with E-state index in [1.165, 1.54) is 28.6 Å². The van der Waals surface area contributed by atoms with Gasteiger partial charge >= 0.3 is 0 Å². The van der Waals surface area contributed by atoms with Crippen LogP contribution in [0.2, 0.25) is 0 Å². The van der Waals surface area contributed by atoms with E-state index in [1.54, 1.807) is 0 Å². The zero-order valence-electron chi connectivity index (χ0n) is 13.7. The van der Waals surface area contributed by atoms with E-state index in [0.717, 1.165) is 25.7 Å². The predicted octanol–water partition coefficient (Wildman–Crippen LogP) is 1.27. The summed E-state index contributed by atoms with van der Waals surface area (Å²) in [6.45, 7) is 1.36. The molecule has 6 nitrogen and oxygen atoms in total. The number of nitrogens with one attached hydrogen (secondary N) is 1. The van der Waals surface area contributed by atoms with E-state index in [2.05, 4.69) is 5.32 Å². The third kappa shape index (κ3) is 6.18. The fourth-order valence-electron chi connectivity index (χ4n) is 2.50. The number of sulfonamides is 1. The van der Waals surface area contributed by atoms with Crippen molar-refractivity contribution in [3.63, 3.8) is 0 Å². The summed E-state index contributed by atoms with van der Waals surface area (Å²) in [4.78, 5) is 11.9. The predicted molar refractivity (Wildman–Crippen MR) is 88.3 cm³/mol. The lowest BCUT2D eigenvalue weighted by Gasteiger charge is -2.20. The van der Waals surface area contributed by atoms with Crippen molar-refractivity contribution < 1.29 is 22.3 Å². The molecule has 1 aromatic rings. The van der Waals surface area contributed by atoms with Crippen LogP contribution in [-0.4, -0.2) is 50.7 Å². The highest BCUT2D eigenvalue weighted by atomic mass is 32.2. The Hall–Kier alpha value is -1.51. The Balaban J connectivity index is 1.84. The van der Waals surface area contributed by atoms with Gasteiger partial charge in [0.25, 0.3) is 0 Å². The standard InChI is InChI=1S/C16H23FN2O4S/c1-24(21,22)19(12-13-4-6-14(17)7-5-13)9-8-16(20)18-11-15-3-2-10-23-15/h4-7,15H,2-3,8-12H2,1H3,(H,18,20). The van der Waals surface area contributed by atoms with Gasteiger partial charge in [0.05, 0.1) is 12.4 Å². The first-order valence-electron chi connectivity index (χ1n) is 7.92. The summed E-state index contributed by atoms with van der Waals surface area (Å²) in [5.41, 5.74) is 0.668. The van der Waals surface area contributed by atoms with Crippen molar-refractivity contribution >= 4 is 15.9 Å². The zero-order chi connectivity index (χ0) is 17.6. The van der Waals surface area contributed by atoms with E-state index in [9.17, 15) is 17.6 Å². The number of ether oxygens (including phenoxy) is 1. The normalized spacial score (nSPS) is 18.0. The topological polar surface area (TPSA) is 75.7 Å². The molecule has 1 aliphatic heterocycles. The maximum absolute atomic E-state index is 12.9. The second-order valence-electron chi connectivity index (χ2n) is 5.91. The van der Waals surface area contributed by atoms with E-state index < -0.39 is 10.0 Å². The summed E-state index contributed by atoms with van der Waals surface area (Å²) in [6, 6.07) is 5.63. The van der Waals surface area contributed by atoms with Crippen molar-refractivity contribution in [2.75, 3.05) is 26.0 Å². The number of carbonyl (C=O) groups is 1. The molecule has 1 saturated heterocycles. The molecule has 0 bridgehead atoms. The Labute approximate surface area is 142 Å². The Kier molecular flexibility index (Phi) is 6.70. The molecule has 1 fully saturated rings. The van der Waals surface area contributed by atoms with Gasteiger partial charge in [-0.25, -0.2) is 12.8 Å². The number of benzene rings is 1. The van der Waals surface area contributed by atoms with Crippen LogP contribution < -0.4 is 5.32 Å². The average molecular weight is 358 g/mol. The van der Waals surface area contributed by atoms with E-state index in [-0.39, 0.29) is 37.3 Å². The van der Waals surface area contributed by atoms with E-state index in [1.807, 2.05) is 0 Å². The van der Waals surface area contributed by atoms with Gasteiger partial charge < -0.3 is 10.1 Å². The Morgan fingerprint density at radius 3 is 2.67 bits per heavy atom. The molecule has 1 heterocycles. The van der Waals surface area contributed by atoms with Gasteiger partial charge in [-0.2, -0.15) is 4.31 Å². The Morgan fingerprint density at radius 2 is 2.08 bits per heavy atom. The van der Waals surface area contributed by atoms with E-state index >= 15 is 0 Å². The number of nitrogens with zero attached hydrogens (tertiary/aromatic N) is 1. The number of halogens is 1. The zero-order valence-corrected chi connectivity index (χ0v) is 14.5. The van der Waals surface area contributed by atoms with Crippen molar-refractivity contribution in [3.05, 3.63) is 35.6 Å². The molecule has 134 valence electrons. The van der Waals surface area contributed by atoms with Crippen LogP contribution in [0.5, 0.6) is 0 Å². The molecule has 0 radical (unpaired) electrons. The van der Waals surface area contributed by atoms with E-state index in [0.29, 0.717) is 12.1 Å². The largest absolute Gasteiger partial charge is 0.376 e. The van der Waals surface area contributed by atoms with Crippen LogP contribution in [0.4, 0.5) is 4.39 Å². The quantitative estimate of drug-likeness (QED) is 0.759. The summed E-state index contributed by atoms with van der Waals surface area (Å²) >= 11 is 0. The molecule has 1 aromatic carbocycles. The van der Waals surface area contributed by atoms with Gasteiger partial charge in [0.15, 0.2) is 0 Å². The van der Waals surface area contributed by atoms with Crippen LogP contribution >= 0.6 is 0 Å². The first-order chi connectivity index (χ1) is 11.3. The Bertz CT molecular complexity index is 643. The second kappa shape index (κ2) is 8.55. The van der Waals surface area contributed by atoms with Crippen LogP contribution in [0, 0.1) is 5.82 Å². The van der Waals surface area contributed by atoms with Crippen LogP contribution in [0.3, 0.4) is 0 Å². The summed E-state index contributed by atoms with van der Waals surface area (Å²) in [5.74, 6) is -0.587. The van der Waals surface area contributed by atoms with Gasteiger partial charge in [0.2, 0.25) is 15.9 Å². The van der Waals surface area contributed by atoms with Gasteiger partial charge in [-0.1, -0.05) is 12.1 Å². The van der Waals surface area contributed by atoms with Crippen LogP contribution in [-0.2, 0) is 26.1 Å². The maximum atomic E-state index is 12.9. The molecule has 2 rings (SSSR count). The highest BCUT2D eigenvalue weighted by molar-refractivity contribution is 7.88. The van der Waals surface area contributed by atoms with Gasteiger partial charge in [0.1, 0.15) is 5.82 Å². The van der Waals surface area contributed by atoms with Gasteiger partial charge in [-0.15, -0.1) is 0 Å². The summed E-state index contributed by atoms with van der Waals surface area (Å²) in [7, 11) is -3.46. The average Bonchev–Trinajstić information content (AvgIpc) is 3.03. The van der Waals surface area contributed by atoms with Crippen molar-refractivity contribution in [1.82, 2.24) is 9.62 Å². The van der Waals surface area contributed by atoms with Crippen LogP contribution in [0.15, 0.2) is 24.3 Å². The Morgan fingerprint density at radius 1 is 1.38 bits per heavy atom. The fraction of sp³-hybridized carbons (Fsp3) is 0.562. The fourth-order valence-corrected chi connectivity index (χ4v) is 3.31. The lowest BCUT2D eigenvalue weighted by molar-refractivity contribution is -0.121. The number of hydrogen-bond donors (Lipinski definition) is 1. The van der Waals surface area contributed by atoms with Crippen molar-refractivity contribution in [3.8, 4) is 0 Å². The molecule has 1 unspecified atom stereocenters. The second-order valence-corrected chi connectivity index (χ2v) is 7.89. The third-order valence-electron chi connectivity index (χ3n) is 3.88. The molecule has 1 aliphatic rings. The minimum absolute atomic E-state index is 0.0548. The number of rotatable bonds is 8. The van der Waals surface area contributed by atoms with Crippen molar-refractivity contribution in [2.24, 2.45) is 0 Å². The molecular formula is C16H23FN2O4S. The molecule has 24 heavy (non-hydrogen) atoms. The van der Waals surface area contributed by atoms with Crippen LogP contribution in [0.1, 0.15) is 24.8 Å². The highest BCUT2D eigenvalue weighted by Gasteiger charge is 2.20. The van der Waals surface area contributed by atoms with Crippen LogP contribution in [0.25, 0.3) is 0 Å². The monoisotopic (exact) mass is 358 g/mol. The molecule has 0 aromatic heterocycles. The van der Waals surface area contributed by atoms with Gasteiger partial charge in [0, 0.05) is 32.7 Å². The molecule has 0 aliphatic carbocycles. The number of carbonyl (C=O) groups excluding carboxylic acids is 1. The summed E-state index contributed by atoms with van der Waals surface area (Å²) in [5, 5.41) is 2.77. The first-order valence-corrected chi connectivity index (χ1v) is 9.77. The highest BCUT2D eigenvalue weighted by Crippen LogP contribution is 2.12. The summed E-state index contributed by atoms with van der Waals surface area (Å²) in [6.07, 6.45) is 3.15. The molecule has 1 atom stereocenters. The maximum Gasteiger partial charge on any atom is 0.221 e. The molecule has 8 heteroatoms. The smallest absolute Gasteiger partial charge is 0.221 e. The lowest BCUT2D eigenvalue weighted by atomic mass is 10.2. The third-order valence-corrected chi connectivity index (χ3v) is 5.13. The summed E-state index contributed by atoms with van der Waals surface area (Å²) < 4.78 is 43.3. The molecule has 1 N–H and O–H groups in total. The van der Waals surface area contributed by atoms with Crippen molar-refractivity contribution in [2.45, 2.75) is 31.9 Å². The molecule has 1 amide bonds. The van der Waals surface area contributed by atoms with Gasteiger partial charge in [-0.3, -0.25) is 4.79 Å². The number of hydrogen-bond acceptors (Lipinski definition) is 4. The number of amides is 1. The van der Waals surface area contributed by atoms with Gasteiger partial charge in [-0.05, 0) is 30.5 Å². The SMILES string of the molecule is CS(=O)(=O)N(CCC(=O)NCC1CCCO1)Cc1ccc(F)cc1. The van der Waals surface area contributed by atoms with E-state index in [4.69, 9.17) is 4.74 Å². The minimum Gasteiger partial charge on any atom is -0.376 e. The first kappa shape index (κ1) is 18.8. The molecule has 0 spiro atoms.